The molecule has 0 saturated heterocycles. The Balaban J connectivity index is 2.24. The van der Waals surface area contributed by atoms with Crippen molar-refractivity contribution in [2.45, 2.75) is 17.9 Å². The highest BCUT2D eigenvalue weighted by molar-refractivity contribution is 9.10. The Bertz CT molecular complexity index is 716. The van der Waals surface area contributed by atoms with Crippen LogP contribution in [0.25, 0.3) is 0 Å². The number of phenolic OH excluding ortho intramolecular Hbond substituents is 1. The van der Waals surface area contributed by atoms with E-state index in [0.29, 0.717) is 10.0 Å². The zero-order valence-electron chi connectivity index (χ0n) is 10.7. The van der Waals surface area contributed by atoms with Gasteiger partial charge in [-0.05, 0) is 42.8 Å². The number of benzene rings is 2. The van der Waals surface area contributed by atoms with Crippen LogP contribution < -0.4 is 4.72 Å². The van der Waals surface area contributed by atoms with E-state index in [4.69, 9.17) is 0 Å². The van der Waals surface area contributed by atoms with Gasteiger partial charge in [0, 0.05) is 10.5 Å². The van der Waals surface area contributed by atoms with Crippen LogP contribution >= 0.6 is 15.9 Å². The molecule has 0 bridgehead atoms. The number of hydrogen-bond acceptors (Lipinski definition) is 3. The smallest absolute Gasteiger partial charge is 0.241 e. The summed E-state index contributed by atoms with van der Waals surface area (Å²) in [7, 11) is -3.60. The molecule has 106 valence electrons. The first-order valence-electron chi connectivity index (χ1n) is 5.95. The van der Waals surface area contributed by atoms with Crippen molar-refractivity contribution in [3.63, 3.8) is 0 Å². The SMILES string of the molecule is CC(NS(=O)(=O)c1cccc(Br)c1)c1cccc(O)c1. The van der Waals surface area contributed by atoms with Gasteiger partial charge in [0.1, 0.15) is 5.75 Å². The molecule has 0 heterocycles. The lowest BCUT2D eigenvalue weighted by Gasteiger charge is -2.15. The highest BCUT2D eigenvalue weighted by Gasteiger charge is 2.18. The molecule has 2 rings (SSSR count). The van der Waals surface area contributed by atoms with Crippen LogP contribution in [0.2, 0.25) is 0 Å². The molecule has 2 N–H and O–H groups in total. The van der Waals surface area contributed by atoms with Crippen molar-refractivity contribution >= 4 is 26.0 Å². The fourth-order valence-electron chi connectivity index (χ4n) is 1.80. The molecule has 0 aliphatic heterocycles. The monoisotopic (exact) mass is 355 g/mol. The van der Waals surface area contributed by atoms with E-state index in [1.54, 1.807) is 37.3 Å². The molecule has 0 amide bonds. The molecule has 1 unspecified atom stereocenters. The first kappa shape index (κ1) is 15.0. The van der Waals surface area contributed by atoms with Crippen LogP contribution in [0.4, 0.5) is 0 Å². The van der Waals surface area contributed by atoms with E-state index in [9.17, 15) is 13.5 Å². The minimum atomic E-state index is -3.60. The van der Waals surface area contributed by atoms with Gasteiger partial charge in [0.25, 0.3) is 0 Å². The van der Waals surface area contributed by atoms with Gasteiger partial charge >= 0.3 is 0 Å². The maximum Gasteiger partial charge on any atom is 0.241 e. The summed E-state index contributed by atoms with van der Waals surface area (Å²) in [4.78, 5) is 0.193. The van der Waals surface area contributed by atoms with Gasteiger partial charge in [0.05, 0.1) is 4.90 Å². The molecular weight excluding hydrogens is 342 g/mol. The minimum absolute atomic E-state index is 0.107. The molecule has 6 heteroatoms. The predicted molar refractivity (Wildman–Crippen MR) is 81.0 cm³/mol. The lowest BCUT2D eigenvalue weighted by molar-refractivity contribution is 0.473. The van der Waals surface area contributed by atoms with Gasteiger partial charge in [0.15, 0.2) is 0 Å². The third-order valence-corrected chi connectivity index (χ3v) is 4.84. The molecule has 0 aliphatic rings. The molecule has 0 aromatic heterocycles. The molecule has 0 saturated carbocycles. The van der Waals surface area contributed by atoms with Crippen LogP contribution in [0.5, 0.6) is 5.75 Å². The fourth-order valence-corrected chi connectivity index (χ4v) is 3.63. The van der Waals surface area contributed by atoms with Crippen LogP contribution in [0.3, 0.4) is 0 Å². The van der Waals surface area contributed by atoms with E-state index in [1.165, 1.54) is 18.2 Å². The van der Waals surface area contributed by atoms with Crippen molar-refractivity contribution in [2.24, 2.45) is 0 Å². The zero-order chi connectivity index (χ0) is 14.8. The van der Waals surface area contributed by atoms with Crippen molar-refractivity contribution in [1.29, 1.82) is 0 Å². The number of rotatable bonds is 4. The average molecular weight is 356 g/mol. The Morgan fingerprint density at radius 2 is 1.85 bits per heavy atom. The van der Waals surface area contributed by atoms with Crippen LogP contribution in [0, 0.1) is 0 Å². The molecule has 20 heavy (non-hydrogen) atoms. The van der Waals surface area contributed by atoms with Crippen LogP contribution in [0.15, 0.2) is 57.9 Å². The fraction of sp³-hybridized carbons (Fsp3) is 0.143. The van der Waals surface area contributed by atoms with Gasteiger partial charge < -0.3 is 5.11 Å². The molecule has 4 nitrogen and oxygen atoms in total. The second-order valence-corrected chi connectivity index (χ2v) is 7.02. The van der Waals surface area contributed by atoms with E-state index in [0.717, 1.165) is 0 Å². The minimum Gasteiger partial charge on any atom is -0.508 e. The third kappa shape index (κ3) is 3.59. The largest absolute Gasteiger partial charge is 0.508 e. The Kier molecular flexibility index (Phi) is 4.47. The van der Waals surface area contributed by atoms with E-state index in [2.05, 4.69) is 20.7 Å². The second-order valence-electron chi connectivity index (χ2n) is 4.40. The first-order chi connectivity index (χ1) is 9.38. The Labute approximate surface area is 126 Å². The highest BCUT2D eigenvalue weighted by atomic mass is 79.9. The Morgan fingerprint density at radius 1 is 1.15 bits per heavy atom. The maximum absolute atomic E-state index is 12.3. The quantitative estimate of drug-likeness (QED) is 0.884. The van der Waals surface area contributed by atoms with Crippen LogP contribution in [-0.2, 0) is 10.0 Å². The molecule has 0 aliphatic carbocycles. The number of halogens is 1. The molecule has 0 fully saturated rings. The average Bonchev–Trinajstić information content (AvgIpc) is 2.38. The zero-order valence-corrected chi connectivity index (χ0v) is 13.1. The summed E-state index contributed by atoms with van der Waals surface area (Å²) in [5.74, 6) is 0.107. The highest BCUT2D eigenvalue weighted by Crippen LogP contribution is 2.21. The number of aromatic hydroxyl groups is 1. The number of sulfonamides is 1. The molecule has 0 spiro atoms. The summed E-state index contributed by atoms with van der Waals surface area (Å²) in [5.41, 5.74) is 0.698. The van der Waals surface area contributed by atoms with Gasteiger partial charge in [-0.1, -0.05) is 34.1 Å². The van der Waals surface area contributed by atoms with Gasteiger partial charge in [-0.3, -0.25) is 0 Å². The van der Waals surface area contributed by atoms with Crippen molar-refractivity contribution in [2.75, 3.05) is 0 Å². The topological polar surface area (TPSA) is 66.4 Å². The van der Waals surface area contributed by atoms with Gasteiger partial charge in [-0.25, -0.2) is 13.1 Å². The normalized spacial score (nSPS) is 13.1. The number of nitrogens with one attached hydrogen (secondary N) is 1. The molecule has 1 atom stereocenters. The van der Waals surface area contributed by atoms with E-state index >= 15 is 0 Å². The summed E-state index contributed by atoms with van der Waals surface area (Å²) in [6.07, 6.45) is 0. The van der Waals surface area contributed by atoms with Crippen molar-refractivity contribution in [1.82, 2.24) is 4.72 Å². The van der Waals surface area contributed by atoms with E-state index in [-0.39, 0.29) is 10.6 Å². The van der Waals surface area contributed by atoms with Crippen LogP contribution in [0.1, 0.15) is 18.5 Å². The maximum atomic E-state index is 12.3. The number of phenols is 1. The molecule has 2 aromatic rings. The summed E-state index contributed by atoms with van der Waals surface area (Å²) in [5, 5.41) is 9.43. The number of hydrogen-bond donors (Lipinski definition) is 2. The van der Waals surface area contributed by atoms with Crippen molar-refractivity contribution in [3.8, 4) is 5.75 Å². The summed E-state index contributed by atoms with van der Waals surface area (Å²) in [6, 6.07) is 12.6. The Hall–Kier alpha value is -1.37. The predicted octanol–water partition coefficient (Wildman–Crippen LogP) is 3.19. The van der Waals surface area contributed by atoms with E-state index in [1.807, 2.05) is 0 Å². The van der Waals surface area contributed by atoms with Gasteiger partial charge in [-0.15, -0.1) is 0 Å². The standard InChI is InChI=1S/C14H14BrNO3S/c1-10(11-4-2-6-13(17)8-11)16-20(18,19)14-7-3-5-12(15)9-14/h2-10,16-17H,1H3. The lowest BCUT2D eigenvalue weighted by atomic mass is 10.1. The summed E-state index contributed by atoms with van der Waals surface area (Å²) >= 11 is 3.25. The summed E-state index contributed by atoms with van der Waals surface area (Å²) < 4.78 is 27.8. The Morgan fingerprint density at radius 3 is 2.50 bits per heavy atom. The third-order valence-electron chi connectivity index (χ3n) is 2.81. The molecular formula is C14H14BrNO3S. The van der Waals surface area contributed by atoms with Gasteiger partial charge in [-0.2, -0.15) is 0 Å². The molecule has 0 radical (unpaired) electrons. The molecule has 2 aromatic carbocycles. The lowest BCUT2D eigenvalue weighted by Crippen LogP contribution is -2.26. The van der Waals surface area contributed by atoms with E-state index < -0.39 is 16.1 Å². The van der Waals surface area contributed by atoms with Crippen molar-refractivity contribution < 1.29 is 13.5 Å². The first-order valence-corrected chi connectivity index (χ1v) is 8.23. The van der Waals surface area contributed by atoms with Gasteiger partial charge in [0.2, 0.25) is 10.0 Å². The van der Waals surface area contributed by atoms with Crippen molar-refractivity contribution in [3.05, 3.63) is 58.6 Å². The van der Waals surface area contributed by atoms with Crippen LogP contribution in [-0.4, -0.2) is 13.5 Å². The second kappa shape index (κ2) is 5.95. The summed E-state index contributed by atoms with van der Waals surface area (Å²) in [6.45, 7) is 1.73.